The van der Waals surface area contributed by atoms with Gasteiger partial charge in [-0.3, -0.25) is 4.79 Å². The first-order valence-corrected chi connectivity index (χ1v) is 12.3. The Morgan fingerprint density at radius 2 is 1.74 bits per heavy atom. The molecular formula is C29H32N2O4. The Labute approximate surface area is 206 Å². The number of benzene rings is 3. The summed E-state index contributed by atoms with van der Waals surface area (Å²) >= 11 is 0. The van der Waals surface area contributed by atoms with Crippen LogP contribution in [-0.2, 0) is 29.1 Å². The minimum absolute atomic E-state index is 0.0645. The predicted molar refractivity (Wildman–Crippen MR) is 137 cm³/mol. The summed E-state index contributed by atoms with van der Waals surface area (Å²) in [5.41, 5.74) is 12.2. The third-order valence-corrected chi connectivity index (χ3v) is 7.19. The SMILES string of the molecule is NCc1cccc(-c2cc(COc3ccccc3CC(=O)O)cc(N3CCC4(CCO4)CC3)c2)c1. The fourth-order valence-electron chi connectivity index (χ4n) is 5.06. The van der Waals surface area contributed by atoms with E-state index in [-0.39, 0.29) is 12.0 Å². The molecule has 2 aliphatic rings. The zero-order valence-electron chi connectivity index (χ0n) is 19.9. The Morgan fingerprint density at radius 1 is 0.971 bits per heavy atom. The molecule has 6 nitrogen and oxygen atoms in total. The van der Waals surface area contributed by atoms with E-state index in [1.165, 1.54) is 12.1 Å². The van der Waals surface area contributed by atoms with Crippen LogP contribution in [0.3, 0.4) is 0 Å². The smallest absolute Gasteiger partial charge is 0.307 e. The summed E-state index contributed by atoms with van der Waals surface area (Å²) in [4.78, 5) is 13.7. The molecule has 0 aromatic heterocycles. The van der Waals surface area contributed by atoms with Crippen molar-refractivity contribution >= 4 is 11.7 Å². The van der Waals surface area contributed by atoms with Crippen molar-refractivity contribution < 1.29 is 19.4 Å². The topological polar surface area (TPSA) is 85.0 Å². The molecular weight excluding hydrogens is 440 g/mol. The van der Waals surface area contributed by atoms with Crippen LogP contribution < -0.4 is 15.4 Å². The second kappa shape index (κ2) is 10.1. The predicted octanol–water partition coefficient (Wildman–Crippen LogP) is 4.78. The van der Waals surface area contributed by atoms with E-state index >= 15 is 0 Å². The van der Waals surface area contributed by atoms with Gasteiger partial charge < -0.3 is 25.2 Å². The highest BCUT2D eigenvalue weighted by Gasteiger charge is 2.41. The van der Waals surface area contributed by atoms with Crippen molar-refractivity contribution in [3.63, 3.8) is 0 Å². The molecule has 3 aromatic rings. The quantitative estimate of drug-likeness (QED) is 0.491. The molecule has 0 saturated carbocycles. The monoisotopic (exact) mass is 472 g/mol. The van der Waals surface area contributed by atoms with E-state index in [2.05, 4.69) is 35.2 Å². The number of nitrogens with zero attached hydrogens (tertiary/aromatic N) is 1. The summed E-state index contributed by atoms with van der Waals surface area (Å²) in [5.74, 6) is -0.266. The number of aliphatic carboxylic acids is 1. The van der Waals surface area contributed by atoms with Crippen LogP contribution in [0.5, 0.6) is 5.75 Å². The van der Waals surface area contributed by atoms with Gasteiger partial charge in [-0.2, -0.15) is 0 Å². The molecule has 2 fully saturated rings. The highest BCUT2D eigenvalue weighted by atomic mass is 16.5. The fourth-order valence-corrected chi connectivity index (χ4v) is 5.06. The molecule has 0 aliphatic carbocycles. The summed E-state index contributed by atoms with van der Waals surface area (Å²) in [6, 6.07) is 22.3. The van der Waals surface area contributed by atoms with E-state index in [0.29, 0.717) is 24.5 Å². The lowest BCUT2D eigenvalue weighted by molar-refractivity contribution is -0.158. The first-order chi connectivity index (χ1) is 17.0. The van der Waals surface area contributed by atoms with Gasteiger partial charge in [0.05, 0.1) is 18.6 Å². The Kier molecular flexibility index (Phi) is 6.75. The number of hydrogen-bond donors (Lipinski definition) is 2. The molecule has 35 heavy (non-hydrogen) atoms. The number of para-hydroxylation sites is 1. The van der Waals surface area contributed by atoms with E-state index in [1.807, 2.05) is 30.3 Å². The summed E-state index contributed by atoms with van der Waals surface area (Å²) in [7, 11) is 0. The summed E-state index contributed by atoms with van der Waals surface area (Å²) in [6.07, 6.45) is 3.20. The van der Waals surface area contributed by atoms with Crippen LogP contribution in [0.15, 0.2) is 66.7 Å². The molecule has 5 rings (SSSR count). The summed E-state index contributed by atoms with van der Waals surface area (Å²) in [5, 5.41) is 9.24. The lowest BCUT2D eigenvalue weighted by Crippen LogP contribution is -2.52. The summed E-state index contributed by atoms with van der Waals surface area (Å²) in [6.45, 7) is 3.67. The number of carbonyl (C=O) groups is 1. The van der Waals surface area contributed by atoms with Gasteiger partial charge in [0.15, 0.2) is 0 Å². The average molecular weight is 473 g/mol. The van der Waals surface area contributed by atoms with Crippen LogP contribution in [0.4, 0.5) is 5.69 Å². The number of rotatable bonds is 8. The molecule has 2 aliphatic heterocycles. The molecule has 3 N–H and O–H groups in total. The van der Waals surface area contributed by atoms with Gasteiger partial charge in [0.2, 0.25) is 0 Å². The number of anilines is 1. The lowest BCUT2D eigenvalue weighted by atomic mass is 9.84. The van der Waals surface area contributed by atoms with E-state index in [9.17, 15) is 9.90 Å². The number of piperidine rings is 1. The van der Waals surface area contributed by atoms with E-state index in [1.54, 1.807) is 6.07 Å². The van der Waals surface area contributed by atoms with Crippen molar-refractivity contribution in [2.45, 2.75) is 44.4 Å². The maximum Gasteiger partial charge on any atom is 0.307 e. The molecule has 3 aromatic carbocycles. The maximum absolute atomic E-state index is 11.3. The van der Waals surface area contributed by atoms with Crippen LogP contribution in [-0.4, -0.2) is 36.4 Å². The second-order valence-electron chi connectivity index (χ2n) is 9.53. The Morgan fingerprint density at radius 3 is 2.46 bits per heavy atom. The van der Waals surface area contributed by atoms with E-state index in [4.69, 9.17) is 15.2 Å². The number of carboxylic acid groups (broad SMARTS) is 1. The number of ether oxygens (including phenoxy) is 2. The van der Waals surface area contributed by atoms with E-state index < -0.39 is 5.97 Å². The molecule has 0 unspecified atom stereocenters. The molecule has 0 amide bonds. The number of nitrogens with two attached hydrogens (primary N) is 1. The van der Waals surface area contributed by atoms with E-state index in [0.717, 1.165) is 54.8 Å². The van der Waals surface area contributed by atoms with Gasteiger partial charge >= 0.3 is 5.97 Å². The van der Waals surface area contributed by atoms with Gasteiger partial charge in [-0.1, -0.05) is 36.4 Å². The van der Waals surface area contributed by atoms with Crippen LogP contribution in [0.25, 0.3) is 11.1 Å². The second-order valence-corrected chi connectivity index (χ2v) is 9.53. The van der Waals surface area contributed by atoms with Gasteiger partial charge in [0.1, 0.15) is 12.4 Å². The highest BCUT2D eigenvalue weighted by molar-refractivity contribution is 5.72. The minimum atomic E-state index is -0.872. The zero-order valence-corrected chi connectivity index (χ0v) is 19.9. The minimum Gasteiger partial charge on any atom is -0.489 e. The van der Waals surface area contributed by atoms with Gasteiger partial charge in [-0.05, 0) is 71.8 Å². The van der Waals surface area contributed by atoms with Crippen molar-refractivity contribution in [1.82, 2.24) is 0 Å². The molecule has 0 radical (unpaired) electrons. The zero-order chi connectivity index (χ0) is 24.3. The third kappa shape index (κ3) is 5.34. The van der Waals surface area contributed by atoms with Crippen LogP contribution >= 0.6 is 0 Å². The average Bonchev–Trinajstić information content (AvgIpc) is 2.87. The molecule has 2 heterocycles. The summed E-state index contributed by atoms with van der Waals surface area (Å²) < 4.78 is 12.1. The van der Waals surface area contributed by atoms with Crippen LogP contribution in [0.2, 0.25) is 0 Å². The standard InChI is InChI=1S/C29H32N2O4/c30-19-21-4-3-6-23(14-21)25-15-22(20-34-27-7-2-1-5-24(27)18-28(32)33)16-26(17-25)31-11-8-29(9-12-31)10-13-35-29/h1-7,14-17H,8-13,18-20,30H2,(H,32,33). The molecule has 0 bridgehead atoms. The number of hydrogen-bond acceptors (Lipinski definition) is 5. The largest absolute Gasteiger partial charge is 0.489 e. The fraction of sp³-hybridized carbons (Fsp3) is 0.345. The van der Waals surface area contributed by atoms with Crippen molar-refractivity contribution in [1.29, 1.82) is 0 Å². The van der Waals surface area contributed by atoms with Gasteiger partial charge in [0, 0.05) is 30.9 Å². The van der Waals surface area contributed by atoms with Crippen molar-refractivity contribution in [2.24, 2.45) is 5.73 Å². The van der Waals surface area contributed by atoms with Gasteiger partial charge in [-0.15, -0.1) is 0 Å². The molecule has 0 atom stereocenters. The highest BCUT2D eigenvalue weighted by Crippen LogP contribution is 2.39. The van der Waals surface area contributed by atoms with Crippen molar-refractivity contribution in [2.75, 3.05) is 24.6 Å². The maximum atomic E-state index is 11.3. The lowest BCUT2D eigenvalue weighted by Gasteiger charge is -2.48. The van der Waals surface area contributed by atoms with Crippen molar-refractivity contribution in [3.05, 3.63) is 83.4 Å². The van der Waals surface area contributed by atoms with Crippen molar-refractivity contribution in [3.8, 4) is 16.9 Å². The molecule has 6 heteroatoms. The van der Waals surface area contributed by atoms with Gasteiger partial charge in [0.25, 0.3) is 0 Å². The van der Waals surface area contributed by atoms with Crippen LogP contribution in [0, 0.1) is 0 Å². The third-order valence-electron chi connectivity index (χ3n) is 7.19. The molecule has 1 spiro atoms. The Balaban J connectivity index is 1.42. The first kappa shape index (κ1) is 23.4. The first-order valence-electron chi connectivity index (χ1n) is 12.3. The number of carboxylic acids is 1. The van der Waals surface area contributed by atoms with Gasteiger partial charge in [-0.25, -0.2) is 0 Å². The van der Waals surface area contributed by atoms with Crippen LogP contribution in [0.1, 0.15) is 36.0 Å². The normalized spacial score (nSPS) is 16.7. The Hall–Kier alpha value is -3.35. The molecule has 2 saturated heterocycles. The Bertz CT molecular complexity index is 1190. The molecule has 182 valence electrons.